The summed E-state index contributed by atoms with van der Waals surface area (Å²) in [6.45, 7) is 0.437. The van der Waals surface area contributed by atoms with Crippen LogP contribution in [0.15, 0.2) is 60.7 Å². The van der Waals surface area contributed by atoms with E-state index in [-0.39, 0.29) is 35.4 Å². The quantitative estimate of drug-likeness (QED) is 0.383. The van der Waals surface area contributed by atoms with Crippen LogP contribution < -0.4 is 15.0 Å². The predicted octanol–water partition coefficient (Wildman–Crippen LogP) is 5.76. The topological polar surface area (TPSA) is 82.2 Å². The van der Waals surface area contributed by atoms with Crippen LogP contribution in [-0.2, 0) is 4.79 Å². The van der Waals surface area contributed by atoms with Gasteiger partial charge in [-0.1, -0.05) is 35.3 Å². The van der Waals surface area contributed by atoms with E-state index in [9.17, 15) is 14.4 Å². The second-order valence-corrected chi connectivity index (χ2v) is 10.8. The van der Waals surface area contributed by atoms with Crippen LogP contribution in [0.25, 0.3) is 0 Å². The number of anilines is 2. The molecule has 0 bridgehead atoms. The van der Waals surface area contributed by atoms with Gasteiger partial charge >= 0.3 is 0 Å². The maximum atomic E-state index is 13.8. The fourth-order valence-corrected chi connectivity index (χ4v) is 5.11. The van der Waals surface area contributed by atoms with E-state index in [2.05, 4.69) is 10.2 Å². The van der Waals surface area contributed by atoms with Gasteiger partial charge in [-0.2, -0.15) is 0 Å². The molecular weight excluding hydrogens is 551 g/mol. The van der Waals surface area contributed by atoms with Gasteiger partial charge in [0.2, 0.25) is 0 Å². The third-order valence-electron chi connectivity index (χ3n) is 6.81. The highest BCUT2D eigenvalue weighted by molar-refractivity contribution is 6.35. The van der Waals surface area contributed by atoms with Gasteiger partial charge < -0.3 is 24.8 Å². The Bertz CT molecular complexity index is 1430. The van der Waals surface area contributed by atoms with E-state index in [0.29, 0.717) is 34.1 Å². The molecule has 0 radical (unpaired) electrons. The minimum atomic E-state index is -0.373. The average molecular weight is 584 g/mol. The van der Waals surface area contributed by atoms with Crippen molar-refractivity contribution >= 4 is 52.3 Å². The molecule has 40 heavy (non-hydrogen) atoms. The van der Waals surface area contributed by atoms with Crippen LogP contribution in [0.1, 0.15) is 45.2 Å². The second kappa shape index (κ2) is 12.7. The Morgan fingerprint density at radius 1 is 0.950 bits per heavy atom. The van der Waals surface area contributed by atoms with Gasteiger partial charge in [0.25, 0.3) is 17.7 Å². The zero-order valence-corrected chi connectivity index (χ0v) is 24.4. The largest absolute Gasteiger partial charge is 0.484 e. The summed E-state index contributed by atoms with van der Waals surface area (Å²) in [7, 11) is 7.36. The van der Waals surface area contributed by atoms with Crippen molar-refractivity contribution in [3.63, 3.8) is 0 Å². The Hall–Kier alpha value is -3.59. The Balaban J connectivity index is 1.60. The molecule has 0 aliphatic carbocycles. The smallest absolute Gasteiger partial charge is 0.259 e. The molecular formula is C30H32Cl2N4O4. The van der Waals surface area contributed by atoms with E-state index in [0.717, 1.165) is 24.1 Å². The van der Waals surface area contributed by atoms with Crippen molar-refractivity contribution in [3.8, 4) is 5.75 Å². The van der Waals surface area contributed by atoms with Crippen molar-refractivity contribution < 1.29 is 19.1 Å². The number of nitrogens with zero attached hydrogens (tertiary/aromatic N) is 3. The van der Waals surface area contributed by atoms with Crippen LogP contribution in [0, 0.1) is 0 Å². The standard InChI is InChI=1S/C30H32Cl2N4O4/c1-34(2)26-10-7-15-36(27-14-12-20(17-23(26)27)40-18-28(37)35(3)4)30(39)22-13-11-19(16-25(22)32)33-29(38)21-8-5-6-9-24(21)31/h5-6,8-9,11-14,16-17,26H,7,10,15,18H2,1-4H3,(H,33,38). The maximum Gasteiger partial charge on any atom is 0.259 e. The number of carbonyl (C=O) groups excluding carboxylic acids is 3. The summed E-state index contributed by atoms with van der Waals surface area (Å²) < 4.78 is 5.77. The van der Waals surface area contributed by atoms with Crippen LogP contribution in [0.2, 0.25) is 10.0 Å². The van der Waals surface area contributed by atoms with Crippen molar-refractivity contribution in [3.05, 3.63) is 87.4 Å². The van der Waals surface area contributed by atoms with Gasteiger partial charge in [-0.15, -0.1) is 0 Å². The van der Waals surface area contributed by atoms with Gasteiger partial charge in [0, 0.05) is 38.1 Å². The fraction of sp³-hybridized carbons (Fsp3) is 0.300. The normalized spacial score (nSPS) is 14.8. The third-order valence-corrected chi connectivity index (χ3v) is 7.46. The van der Waals surface area contributed by atoms with Crippen LogP contribution >= 0.6 is 23.2 Å². The van der Waals surface area contributed by atoms with Gasteiger partial charge in [0.1, 0.15) is 5.75 Å². The van der Waals surface area contributed by atoms with E-state index in [1.54, 1.807) is 67.5 Å². The Kier molecular flexibility index (Phi) is 9.35. The highest BCUT2D eigenvalue weighted by Crippen LogP contribution is 2.39. The summed E-state index contributed by atoms with van der Waals surface area (Å²) in [6.07, 6.45) is 1.62. The lowest BCUT2D eigenvalue weighted by molar-refractivity contribution is -0.130. The Morgan fingerprint density at radius 2 is 1.70 bits per heavy atom. The summed E-state index contributed by atoms with van der Waals surface area (Å²) in [5, 5.41) is 3.34. The number of carbonyl (C=O) groups is 3. The molecule has 1 aliphatic heterocycles. The van der Waals surface area contributed by atoms with E-state index >= 15 is 0 Å². The molecule has 0 saturated carbocycles. The van der Waals surface area contributed by atoms with Crippen LogP contribution in [0.4, 0.5) is 11.4 Å². The highest BCUT2D eigenvalue weighted by Gasteiger charge is 2.30. The number of nitrogens with one attached hydrogen (secondary N) is 1. The molecule has 1 atom stereocenters. The summed E-state index contributed by atoms with van der Waals surface area (Å²) in [4.78, 5) is 43.9. The summed E-state index contributed by atoms with van der Waals surface area (Å²) in [6, 6.07) is 17.2. The number of fused-ring (bicyclic) bond motifs is 1. The predicted molar refractivity (Wildman–Crippen MR) is 159 cm³/mol. The average Bonchev–Trinajstić information content (AvgIpc) is 3.11. The first-order valence-corrected chi connectivity index (χ1v) is 13.6. The maximum absolute atomic E-state index is 13.8. The molecule has 10 heteroatoms. The number of rotatable bonds is 7. The van der Waals surface area contributed by atoms with Crippen LogP contribution in [-0.4, -0.2) is 68.9 Å². The van der Waals surface area contributed by atoms with Crippen molar-refractivity contribution in [1.29, 1.82) is 0 Å². The molecule has 1 aliphatic rings. The first-order valence-electron chi connectivity index (χ1n) is 12.9. The van der Waals surface area contributed by atoms with Gasteiger partial charge in [-0.25, -0.2) is 0 Å². The molecule has 0 aromatic heterocycles. The number of hydrogen-bond donors (Lipinski definition) is 1. The summed E-state index contributed by atoms with van der Waals surface area (Å²) >= 11 is 12.7. The molecule has 1 N–H and O–H groups in total. The molecule has 210 valence electrons. The number of benzene rings is 3. The number of amides is 3. The van der Waals surface area contributed by atoms with Crippen molar-refractivity contribution in [2.75, 3.05) is 51.6 Å². The third kappa shape index (κ3) is 6.58. The van der Waals surface area contributed by atoms with Gasteiger partial charge in [0.15, 0.2) is 6.61 Å². The number of hydrogen-bond acceptors (Lipinski definition) is 5. The van der Waals surface area contributed by atoms with E-state index < -0.39 is 0 Å². The molecule has 8 nitrogen and oxygen atoms in total. The molecule has 1 heterocycles. The minimum absolute atomic E-state index is 0.0544. The summed E-state index contributed by atoms with van der Waals surface area (Å²) in [5.74, 6) is -0.197. The Morgan fingerprint density at radius 3 is 2.38 bits per heavy atom. The Labute approximate surface area is 244 Å². The van der Waals surface area contributed by atoms with Crippen molar-refractivity contribution in [1.82, 2.24) is 9.80 Å². The van der Waals surface area contributed by atoms with Gasteiger partial charge in [-0.05, 0) is 81.0 Å². The lowest BCUT2D eigenvalue weighted by Crippen LogP contribution is -2.32. The van der Waals surface area contributed by atoms with E-state index in [1.807, 2.05) is 26.2 Å². The molecule has 4 rings (SSSR count). The zero-order valence-electron chi connectivity index (χ0n) is 22.9. The number of halogens is 2. The molecule has 3 aromatic rings. The molecule has 0 fully saturated rings. The number of likely N-dealkylation sites (N-methyl/N-ethyl adjacent to an activating group) is 1. The first kappa shape index (κ1) is 29.4. The summed E-state index contributed by atoms with van der Waals surface area (Å²) in [5.41, 5.74) is 2.81. The van der Waals surface area contributed by atoms with Gasteiger partial charge in [0.05, 0.1) is 21.2 Å². The first-order chi connectivity index (χ1) is 19.1. The lowest BCUT2D eigenvalue weighted by Gasteiger charge is -2.28. The van der Waals surface area contributed by atoms with Crippen LogP contribution in [0.3, 0.4) is 0 Å². The molecule has 3 amide bonds. The number of ether oxygens (including phenoxy) is 1. The molecule has 0 spiro atoms. The van der Waals surface area contributed by atoms with E-state index in [4.69, 9.17) is 27.9 Å². The SMILES string of the molecule is CN(C)C(=O)COc1ccc2c(c1)C(N(C)C)CCCN2C(=O)c1ccc(NC(=O)c2ccccc2Cl)cc1Cl. The van der Waals surface area contributed by atoms with Gasteiger partial charge in [-0.3, -0.25) is 14.4 Å². The second-order valence-electron chi connectivity index (χ2n) is 10.0. The van der Waals surface area contributed by atoms with Crippen LogP contribution in [0.5, 0.6) is 5.75 Å². The molecule has 3 aromatic carbocycles. The highest BCUT2D eigenvalue weighted by atomic mass is 35.5. The zero-order chi connectivity index (χ0) is 29.0. The van der Waals surface area contributed by atoms with E-state index in [1.165, 1.54) is 4.90 Å². The fourth-order valence-electron chi connectivity index (χ4n) is 4.63. The minimum Gasteiger partial charge on any atom is -0.484 e. The van der Waals surface area contributed by atoms with Crippen molar-refractivity contribution in [2.24, 2.45) is 0 Å². The monoisotopic (exact) mass is 582 g/mol. The molecule has 0 saturated heterocycles. The molecule has 1 unspecified atom stereocenters. The lowest BCUT2D eigenvalue weighted by atomic mass is 10.00. The van der Waals surface area contributed by atoms with Crippen molar-refractivity contribution in [2.45, 2.75) is 18.9 Å².